The number of phenols is 1. The van der Waals surface area contributed by atoms with Crippen LogP contribution in [0.2, 0.25) is 0 Å². The Labute approximate surface area is 188 Å². The van der Waals surface area contributed by atoms with E-state index in [1.807, 2.05) is 60.5 Å². The summed E-state index contributed by atoms with van der Waals surface area (Å²) in [6.07, 6.45) is 1.69. The number of anilines is 1. The minimum absolute atomic E-state index is 0.0821. The number of amidine groups is 1. The third-order valence-corrected chi connectivity index (χ3v) is 7.63. The fourth-order valence-corrected chi connectivity index (χ4v) is 6.00. The Hall–Kier alpha value is -3.16. The van der Waals surface area contributed by atoms with Crippen molar-refractivity contribution in [2.45, 2.75) is 4.90 Å². The molecule has 0 bridgehead atoms. The lowest BCUT2D eigenvalue weighted by Gasteiger charge is -2.15. The Kier molecular flexibility index (Phi) is 5.00. The summed E-state index contributed by atoms with van der Waals surface area (Å²) in [6.45, 7) is 4.14. The molecule has 7 heteroatoms. The van der Waals surface area contributed by atoms with Gasteiger partial charge in [0.2, 0.25) is 0 Å². The van der Waals surface area contributed by atoms with Crippen molar-refractivity contribution < 1.29 is 9.90 Å². The van der Waals surface area contributed by atoms with Gasteiger partial charge in [-0.3, -0.25) is 9.69 Å². The second-order valence-electron chi connectivity index (χ2n) is 7.12. The quantitative estimate of drug-likeness (QED) is 0.414. The normalized spacial score (nSPS) is 19.5. The van der Waals surface area contributed by atoms with Crippen LogP contribution in [0.1, 0.15) is 0 Å². The molecule has 2 aliphatic heterocycles. The average molecular weight is 446 g/mol. The molecule has 0 radical (unpaired) electrons. The number of nitrogens with zero attached hydrogens (tertiary/aromatic N) is 3. The Bertz CT molecular complexity index is 1300. The van der Waals surface area contributed by atoms with Crippen molar-refractivity contribution in [1.82, 2.24) is 4.90 Å². The first-order valence-corrected chi connectivity index (χ1v) is 11.4. The highest BCUT2D eigenvalue weighted by Crippen LogP contribution is 2.50. The van der Waals surface area contributed by atoms with E-state index in [1.54, 1.807) is 28.8 Å². The molecule has 0 aromatic heterocycles. The number of para-hydroxylation sites is 1. The molecule has 5 nitrogen and oxygen atoms in total. The van der Waals surface area contributed by atoms with Crippen molar-refractivity contribution >= 4 is 56.7 Å². The van der Waals surface area contributed by atoms with E-state index in [0.717, 1.165) is 26.4 Å². The van der Waals surface area contributed by atoms with Gasteiger partial charge in [-0.25, -0.2) is 4.99 Å². The number of thioether (sulfide) groups is 2. The number of benzene rings is 3. The number of amides is 1. The molecule has 0 saturated carbocycles. The van der Waals surface area contributed by atoms with Crippen molar-refractivity contribution in [3.63, 3.8) is 0 Å². The van der Waals surface area contributed by atoms with Crippen LogP contribution in [0, 0.1) is 0 Å². The van der Waals surface area contributed by atoms with Crippen LogP contribution in [0.25, 0.3) is 10.8 Å². The number of hydrogen-bond acceptors (Lipinski definition) is 6. The zero-order valence-electron chi connectivity index (χ0n) is 16.8. The van der Waals surface area contributed by atoms with E-state index in [0.29, 0.717) is 22.3 Å². The molecule has 1 fully saturated rings. The van der Waals surface area contributed by atoms with Gasteiger partial charge >= 0.3 is 0 Å². The van der Waals surface area contributed by atoms with Gasteiger partial charge in [0, 0.05) is 23.9 Å². The van der Waals surface area contributed by atoms with E-state index < -0.39 is 0 Å². The number of carbonyl (C=O) groups is 1. The van der Waals surface area contributed by atoms with Gasteiger partial charge in [-0.1, -0.05) is 60.3 Å². The molecule has 2 heterocycles. The van der Waals surface area contributed by atoms with Crippen LogP contribution in [0.3, 0.4) is 0 Å². The Morgan fingerprint density at radius 1 is 1.06 bits per heavy atom. The lowest BCUT2D eigenvalue weighted by molar-refractivity contribution is -0.121. The molecule has 3 aromatic rings. The Morgan fingerprint density at radius 3 is 2.65 bits per heavy atom. The lowest BCUT2D eigenvalue weighted by atomic mass is 10.1. The van der Waals surface area contributed by atoms with Gasteiger partial charge in [-0.05, 0) is 35.3 Å². The summed E-state index contributed by atoms with van der Waals surface area (Å²) in [7, 11) is 1.97. The second-order valence-corrected chi connectivity index (χ2v) is 9.13. The van der Waals surface area contributed by atoms with Crippen LogP contribution in [0.4, 0.5) is 11.4 Å². The summed E-state index contributed by atoms with van der Waals surface area (Å²) < 4.78 is 0. The Balaban J connectivity index is 1.62. The summed E-state index contributed by atoms with van der Waals surface area (Å²) in [5, 5.41) is 13.8. The molecule has 0 unspecified atom stereocenters. The molecule has 0 spiro atoms. The fraction of sp³-hybridized carbons (Fsp3) is 0.0833. The van der Waals surface area contributed by atoms with Crippen LogP contribution >= 0.6 is 23.5 Å². The first-order chi connectivity index (χ1) is 15.1. The maximum Gasteiger partial charge on any atom is 0.269 e. The van der Waals surface area contributed by atoms with E-state index in [9.17, 15) is 9.90 Å². The molecular formula is C24H19N3O2S2. The summed E-state index contributed by atoms with van der Waals surface area (Å²) in [4.78, 5) is 23.5. The number of phenolic OH excluding ortho intramolecular Hbond substituents is 1. The van der Waals surface area contributed by atoms with Crippen LogP contribution < -0.4 is 4.90 Å². The van der Waals surface area contributed by atoms with E-state index in [1.165, 1.54) is 11.8 Å². The topological polar surface area (TPSA) is 56.1 Å². The predicted molar refractivity (Wildman–Crippen MR) is 130 cm³/mol. The van der Waals surface area contributed by atoms with Crippen molar-refractivity contribution in [3.05, 3.63) is 83.3 Å². The number of carbonyl (C=O) groups excluding carboxylic acids is 1. The van der Waals surface area contributed by atoms with Gasteiger partial charge < -0.3 is 10.0 Å². The summed E-state index contributed by atoms with van der Waals surface area (Å²) in [5.41, 5.74) is 1.54. The molecule has 1 saturated heterocycles. The maximum atomic E-state index is 13.3. The average Bonchev–Trinajstić information content (AvgIpc) is 3.28. The van der Waals surface area contributed by atoms with Crippen molar-refractivity contribution in [3.8, 4) is 5.75 Å². The SMILES string of the molecule is C=CCN1C(=O)/C(=C2/Sc3ccccc3N2C)S/C1=N/c1c(O)ccc2ccccc12. The molecule has 0 aliphatic carbocycles. The summed E-state index contributed by atoms with van der Waals surface area (Å²) >= 11 is 2.92. The van der Waals surface area contributed by atoms with Crippen molar-refractivity contribution in [2.24, 2.45) is 4.99 Å². The van der Waals surface area contributed by atoms with Gasteiger partial charge in [0.1, 0.15) is 16.3 Å². The van der Waals surface area contributed by atoms with Gasteiger partial charge in [0.05, 0.1) is 10.7 Å². The highest BCUT2D eigenvalue weighted by molar-refractivity contribution is 8.19. The smallest absolute Gasteiger partial charge is 0.269 e. The maximum absolute atomic E-state index is 13.3. The van der Waals surface area contributed by atoms with Gasteiger partial charge in [-0.15, -0.1) is 6.58 Å². The van der Waals surface area contributed by atoms with Crippen molar-refractivity contribution in [1.29, 1.82) is 0 Å². The zero-order chi connectivity index (χ0) is 21.5. The second kappa shape index (κ2) is 7.83. The highest BCUT2D eigenvalue weighted by atomic mass is 32.2. The molecule has 2 aliphatic rings. The predicted octanol–water partition coefficient (Wildman–Crippen LogP) is 5.71. The van der Waals surface area contributed by atoms with E-state index >= 15 is 0 Å². The van der Waals surface area contributed by atoms with Crippen LogP contribution in [0.5, 0.6) is 5.75 Å². The molecule has 1 N–H and O–H groups in total. The highest BCUT2D eigenvalue weighted by Gasteiger charge is 2.38. The Morgan fingerprint density at radius 2 is 1.84 bits per heavy atom. The minimum Gasteiger partial charge on any atom is -0.506 e. The van der Waals surface area contributed by atoms with Crippen molar-refractivity contribution in [2.75, 3.05) is 18.5 Å². The number of fused-ring (bicyclic) bond motifs is 2. The van der Waals surface area contributed by atoms with Crippen LogP contribution in [-0.4, -0.2) is 34.7 Å². The monoisotopic (exact) mass is 445 g/mol. The molecule has 5 rings (SSSR count). The van der Waals surface area contributed by atoms with Crippen LogP contribution in [0.15, 0.2) is 93.1 Å². The number of hydrogen-bond donors (Lipinski definition) is 1. The van der Waals surface area contributed by atoms with E-state index in [4.69, 9.17) is 4.99 Å². The number of aliphatic imine (C=N–C) groups is 1. The standard InChI is InChI=1S/C24H19N3O2S2/c1-3-14-27-22(29)21(23-26(2)17-10-6-7-11-19(17)30-23)31-24(27)25-20-16-9-5-4-8-15(16)12-13-18(20)28/h3-13,28H,1,14H2,2H3/b23-21-,25-24+. The molecule has 154 valence electrons. The van der Waals surface area contributed by atoms with E-state index in [2.05, 4.69) is 12.6 Å². The number of rotatable bonds is 3. The van der Waals surface area contributed by atoms with Crippen LogP contribution in [-0.2, 0) is 4.79 Å². The minimum atomic E-state index is -0.106. The zero-order valence-corrected chi connectivity index (χ0v) is 18.4. The molecular weight excluding hydrogens is 426 g/mol. The summed E-state index contributed by atoms with van der Waals surface area (Å²) in [5.74, 6) is -0.0239. The first kappa shape index (κ1) is 19.8. The van der Waals surface area contributed by atoms with Gasteiger partial charge in [0.15, 0.2) is 5.17 Å². The van der Waals surface area contributed by atoms with E-state index in [-0.39, 0.29) is 11.7 Å². The molecule has 1 amide bonds. The third kappa shape index (κ3) is 3.30. The van der Waals surface area contributed by atoms with Gasteiger partial charge in [0.25, 0.3) is 5.91 Å². The molecule has 31 heavy (non-hydrogen) atoms. The lowest BCUT2D eigenvalue weighted by Crippen LogP contribution is -2.29. The van der Waals surface area contributed by atoms with Gasteiger partial charge in [-0.2, -0.15) is 0 Å². The third-order valence-electron chi connectivity index (χ3n) is 5.19. The largest absolute Gasteiger partial charge is 0.506 e. The molecule has 0 atom stereocenters. The number of aromatic hydroxyl groups is 1. The fourth-order valence-electron chi connectivity index (χ4n) is 3.67. The summed E-state index contributed by atoms with van der Waals surface area (Å²) in [6, 6.07) is 19.3. The molecule has 3 aromatic carbocycles. The first-order valence-electron chi connectivity index (χ1n) is 9.73.